The highest BCUT2D eigenvalue weighted by Crippen LogP contribution is 2.39. The average Bonchev–Trinajstić information content (AvgIpc) is 2.63. The molecule has 0 radical (unpaired) electrons. The Hall–Kier alpha value is -1.78. The van der Waals surface area contributed by atoms with Crippen LogP contribution in [0.4, 0.5) is 4.39 Å². The van der Waals surface area contributed by atoms with E-state index in [0.717, 1.165) is 39.0 Å². The van der Waals surface area contributed by atoms with Gasteiger partial charge in [0, 0.05) is 25.5 Å². The molecular formula is C22H29FN2O. The van der Waals surface area contributed by atoms with Gasteiger partial charge in [-0.15, -0.1) is 0 Å². The first kappa shape index (κ1) is 19.0. The standard InChI is InChI=1S/C22H29FN2O/c1-22(2)14-19(10-13-26-22)21(18-5-7-20(23)8-6-18)9-12-25-16-17-4-3-11-24-15-17/h3-8,11,15,19,21,25H,9-10,12-14,16H2,1-2H3/t19-,21-/m1/s1. The van der Waals surface area contributed by atoms with Crippen LogP contribution in [0, 0.1) is 11.7 Å². The lowest BCUT2D eigenvalue weighted by Crippen LogP contribution is -2.36. The fourth-order valence-corrected chi connectivity index (χ4v) is 4.00. The Balaban J connectivity index is 1.63. The number of ether oxygens (including phenoxy) is 1. The second-order valence-electron chi connectivity index (χ2n) is 7.85. The summed E-state index contributed by atoms with van der Waals surface area (Å²) in [6.45, 7) is 6.89. The van der Waals surface area contributed by atoms with Gasteiger partial charge in [0.15, 0.2) is 0 Å². The molecule has 1 fully saturated rings. The monoisotopic (exact) mass is 356 g/mol. The van der Waals surface area contributed by atoms with E-state index in [-0.39, 0.29) is 11.4 Å². The molecule has 2 heterocycles. The van der Waals surface area contributed by atoms with Crippen LogP contribution in [0.15, 0.2) is 48.8 Å². The summed E-state index contributed by atoms with van der Waals surface area (Å²) in [5.41, 5.74) is 2.35. The topological polar surface area (TPSA) is 34.2 Å². The summed E-state index contributed by atoms with van der Waals surface area (Å²) in [6.07, 6.45) is 6.82. The predicted molar refractivity (Wildman–Crippen MR) is 102 cm³/mol. The minimum atomic E-state index is -0.172. The quantitative estimate of drug-likeness (QED) is 0.731. The molecule has 0 unspecified atom stereocenters. The minimum Gasteiger partial charge on any atom is -0.376 e. The molecule has 1 N–H and O–H groups in total. The number of pyridine rings is 1. The number of aromatic nitrogens is 1. The molecule has 1 aromatic heterocycles. The molecule has 0 aliphatic carbocycles. The maximum Gasteiger partial charge on any atom is 0.123 e. The Morgan fingerprint density at radius 3 is 2.77 bits per heavy atom. The van der Waals surface area contributed by atoms with Gasteiger partial charge in [-0.05, 0) is 80.8 Å². The summed E-state index contributed by atoms with van der Waals surface area (Å²) in [6, 6.07) is 11.1. The molecule has 3 nitrogen and oxygen atoms in total. The van der Waals surface area contributed by atoms with Crippen LogP contribution in [0.1, 0.15) is 50.2 Å². The van der Waals surface area contributed by atoms with Crippen molar-refractivity contribution >= 4 is 0 Å². The van der Waals surface area contributed by atoms with Crippen molar-refractivity contribution in [1.82, 2.24) is 10.3 Å². The van der Waals surface area contributed by atoms with Gasteiger partial charge in [-0.1, -0.05) is 18.2 Å². The van der Waals surface area contributed by atoms with Crippen LogP contribution < -0.4 is 5.32 Å². The van der Waals surface area contributed by atoms with Gasteiger partial charge in [-0.25, -0.2) is 4.39 Å². The number of nitrogens with one attached hydrogen (secondary N) is 1. The van der Waals surface area contributed by atoms with Gasteiger partial charge in [0.05, 0.1) is 5.60 Å². The van der Waals surface area contributed by atoms with Gasteiger partial charge in [-0.3, -0.25) is 4.98 Å². The molecule has 4 heteroatoms. The first-order chi connectivity index (χ1) is 12.5. The molecule has 26 heavy (non-hydrogen) atoms. The molecule has 1 aromatic carbocycles. The van der Waals surface area contributed by atoms with Crippen LogP contribution in [0.5, 0.6) is 0 Å². The van der Waals surface area contributed by atoms with Crippen molar-refractivity contribution in [1.29, 1.82) is 0 Å². The summed E-state index contributed by atoms with van der Waals surface area (Å²) in [5.74, 6) is 0.805. The number of halogens is 1. The highest BCUT2D eigenvalue weighted by atomic mass is 19.1. The number of nitrogens with zero attached hydrogens (tertiary/aromatic N) is 1. The van der Waals surface area contributed by atoms with Gasteiger partial charge < -0.3 is 10.1 Å². The number of benzene rings is 1. The maximum absolute atomic E-state index is 13.4. The van der Waals surface area contributed by atoms with Crippen LogP contribution >= 0.6 is 0 Å². The molecule has 1 aliphatic rings. The normalized spacial score (nSPS) is 20.7. The van der Waals surface area contributed by atoms with Crippen molar-refractivity contribution < 1.29 is 9.13 Å². The number of rotatable bonds is 7. The highest BCUT2D eigenvalue weighted by molar-refractivity contribution is 5.22. The van der Waals surface area contributed by atoms with Crippen molar-refractivity contribution in [3.63, 3.8) is 0 Å². The van der Waals surface area contributed by atoms with Crippen molar-refractivity contribution in [2.45, 2.75) is 51.2 Å². The van der Waals surface area contributed by atoms with E-state index in [1.54, 1.807) is 18.3 Å². The lowest BCUT2D eigenvalue weighted by molar-refractivity contribution is -0.0771. The fourth-order valence-electron chi connectivity index (χ4n) is 4.00. The Kier molecular flexibility index (Phi) is 6.38. The lowest BCUT2D eigenvalue weighted by atomic mass is 9.75. The molecule has 0 bridgehead atoms. The van der Waals surface area contributed by atoms with E-state index in [0.29, 0.717) is 11.8 Å². The first-order valence-electron chi connectivity index (χ1n) is 9.52. The van der Waals surface area contributed by atoms with Crippen LogP contribution in [0.3, 0.4) is 0 Å². The smallest absolute Gasteiger partial charge is 0.123 e. The van der Waals surface area contributed by atoms with Crippen LogP contribution in [0.2, 0.25) is 0 Å². The Morgan fingerprint density at radius 2 is 2.08 bits per heavy atom. The van der Waals surface area contributed by atoms with E-state index < -0.39 is 0 Å². The largest absolute Gasteiger partial charge is 0.376 e. The van der Waals surface area contributed by atoms with E-state index >= 15 is 0 Å². The van der Waals surface area contributed by atoms with Gasteiger partial charge in [-0.2, -0.15) is 0 Å². The fraction of sp³-hybridized carbons (Fsp3) is 0.500. The molecule has 1 saturated heterocycles. The maximum atomic E-state index is 13.4. The summed E-state index contributed by atoms with van der Waals surface area (Å²) in [5, 5.41) is 3.53. The third-order valence-corrected chi connectivity index (χ3v) is 5.29. The van der Waals surface area contributed by atoms with Gasteiger partial charge >= 0.3 is 0 Å². The molecular weight excluding hydrogens is 327 g/mol. The Morgan fingerprint density at radius 1 is 1.27 bits per heavy atom. The van der Waals surface area contributed by atoms with E-state index in [4.69, 9.17) is 4.74 Å². The molecule has 3 rings (SSSR count). The molecule has 140 valence electrons. The molecule has 0 saturated carbocycles. The minimum absolute atomic E-state index is 0.0790. The van der Waals surface area contributed by atoms with Crippen LogP contribution in [0.25, 0.3) is 0 Å². The molecule has 0 amide bonds. The Labute approximate surface area is 156 Å². The molecule has 2 atom stereocenters. The predicted octanol–water partition coefficient (Wildman–Crippen LogP) is 4.69. The van der Waals surface area contributed by atoms with E-state index in [1.807, 2.05) is 24.4 Å². The second kappa shape index (κ2) is 8.74. The van der Waals surface area contributed by atoms with E-state index in [9.17, 15) is 4.39 Å². The third-order valence-electron chi connectivity index (χ3n) is 5.29. The SMILES string of the molecule is CC1(C)C[C@H]([C@H](CCNCc2cccnc2)c2ccc(F)cc2)CCO1. The van der Waals surface area contributed by atoms with Crippen molar-refractivity contribution in [3.8, 4) is 0 Å². The van der Waals surface area contributed by atoms with Crippen molar-refractivity contribution in [2.24, 2.45) is 5.92 Å². The van der Waals surface area contributed by atoms with Gasteiger partial charge in [0.2, 0.25) is 0 Å². The zero-order valence-electron chi connectivity index (χ0n) is 15.7. The van der Waals surface area contributed by atoms with Gasteiger partial charge in [0.25, 0.3) is 0 Å². The van der Waals surface area contributed by atoms with Crippen LogP contribution in [-0.4, -0.2) is 23.7 Å². The summed E-state index contributed by atoms with van der Waals surface area (Å²) >= 11 is 0. The Bertz CT molecular complexity index is 672. The lowest BCUT2D eigenvalue weighted by Gasteiger charge is -2.39. The van der Waals surface area contributed by atoms with E-state index in [2.05, 4.69) is 30.2 Å². The number of hydrogen-bond donors (Lipinski definition) is 1. The number of hydrogen-bond acceptors (Lipinski definition) is 3. The molecule has 0 spiro atoms. The zero-order valence-corrected chi connectivity index (χ0v) is 15.7. The van der Waals surface area contributed by atoms with Gasteiger partial charge in [0.1, 0.15) is 5.82 Å². The van der Waals surface area contributed by atoms with Crippen molar-refractivity contribution in [2.75, 3.05) is 13.2 Å². The zero-order chi connectivity index (χ0) is 18.4. The summed E-state index contributed by atoms with van der Waals surface area (Å²) in [7, 11) is 0. The second-order valence-corrected chi connectivity index (χ2v) is 7.85. The van der Waals surface area contributed by atoms with Crippen molar-refractivity contribution in [3.05, 3.63) is 65.7 Å². The highest BCUT2D eigenvalue weighted by Gasteiger charge is 2.33. The third kappa shape index (κ3) is 5.36. The van der Waals surface area contributed by atoms with Crippen LogP contribution in [-0.2, 0) is 11.3 Å². The first-order valence-corrected chi connectivity index (χ1v) is 9.52. The molecule has 2 aromatic rings. The average molecular weight is 356 g/mol. The summed E-state index contributed by atoms with van der Waals surface area (Å²) in [4.78, 5) is 4.15. The molecule has 1 aliphatic heterocycles. The van der Waals surface area contributed by atoms with E-state index in [1.165, 1.54) is 11.1 Å². The summed E-state index contributed by atoms with van der Waals surface area (Å²) < 4.78 is 19.3.